The molecule has 0 aliphatic carbocycles. The molecule has 0 fully saturated rings. The van der Waals surface area contributed by atoms with Gasteiger partial charge in [-0.1, -0.05) is 13.0 Å². The van der Waals surface area contributed by atoms with Crippen LogP contribution in [-0.4, -0.2) is 46.9 Å². The van der Waals surface area contributed by atoms with Crippen LogP contribution in [0.15, 0.2) is 66.3 Å². The molecule has 0 aliphatic heterocycles. The Balaban J connectivity index is 1.52. The largest absolute Gasteiger partial charge is 0.384 e. The van der Waals surface area contributed by atoms with Gasteiger partial charge in [0.05, 0.1) is 11.9 Å². The van der Waals surface area contributed by atoms with Crippen LogP contribution in [0.25, 0.3) is 21.9 Å². The molecule has 0 saturated carbocycles. The number of halogens is 1. The number of fused-ring (bicyclic) bond motifs is 1. The molecule has 0 amide bonds. The average Bonchev–Trinajstić information content (AvgIpc) is 3.30. The van der Waals surface area contributed by atoms with Gasteiger partial charge in [0.25, 0.3) is 10.0 Å². The van der Waals surface area contributed by atoms with Crippen molar-refractivity contribution in [1.82, 2.24) is 18.8 Å². The Morgan fingerprint density at radius 3 is 2.71 bits per heavy atom. The van der Waals surface area contributed by atoms with Crippen molar-refractivity contribution in [2.45, 2.75) is 18.4 Å². The molecule has 0 atom stereocenters. The molecule has 0 bridgehead atoms. The third-order valence-corrected chi connectivity index (χ3v) is 7.58. The fourth-order valence-electron chi connectivity index (χ4n) is 3.88. The first kappa shape index (κ1) is 24.3. The van der Waals surface area contributed by atoms with Crippen molar-refractivity contribution < 1.29 is 12.8 Å². The topological polar surface area (TPSA) is 104 Å². The molecule has 35 heavy (non-hydrogen) atoms. The fraction of sp³-hybridized carbons (Fsp3) is 0.240. The van der Waals surface area contributed by atoms with E-state index in [1.807, 2.05) is 24.3 Å². The lowest BCUT2D eigenvalue weighted by molar-refractivity contribution is 0.422. The minimum Gasteiger partial charge on any atom is -0.384 e. The summed E-state index contributed by atoms with van der Waals surface area (Å²) in [5.41, 5.74) is 2.26. The third-order valence-electron chi connectivity index (χ3n) is 5.72. The first-order valence-corrected chi connectivity index (χ1v) is 12.6. The van der Waals surface area contributed by atoms with Crippen LogP contribution in [-0.2, 0) is 17.1 Å². The molecule has 8 nitrogen and oxygen atoms in total. The SMILES string of the molecule is CCN(CCCNc1cc(-c2ccc(C#N)c(F)c2)cc2ccncc12)S(=O)(=O)c1cn(C)cn1. The molecule has 0 unspecified atom stereocenters. The molecular formula is C25H25FN6O2S. The molecule has 0 radical (unpaired) electrons. The van der Waals surface area contributed by atoms with Crippen LogP contribution in [0, 0.1) is 17.1 Å². The van der Waals surface area contributed by atoms with Crippen LogP contribution in [0.5, 0.6) is 0 Å². The number of benzene rings is 2. The zero-order valence-corrected chi connectivity index (χ0v) is 20.3. The van der Waals surface area contributed by atoms with Gasteiger partial charge in [0.2, 0.25) is 0 Å². The fourth-order valence-corrected chi connectivity index (χ4v) is 5.33. The van der Waals surface area contributed by atoms with Crippen molar-refractivity contribution in [2.24, 2.45) is 7.05 Å². The van der Waals surface area contributed by atoms with Crippen LogP contribution >= 0.6 is 0 Å². The van der Waals surface area contributed by atoms with Gasteiger partial charge in [0, 0.05) is 56.3 Å². The third kappa shape index (κ3) is 5.16. The number of anilines is 1. The summed E-state index contributed by atoms with van der Waals surface area (Å²) in [4.78, 5) is 8.21. The zero-order chi connectivity index (χ0) is 25.0. The summed E-state index contributed by atoms with van der Waals surface area (Å²) < 4.78 is 43.0. The maximum Gasteiger partial charge on any atom is 0.262 e. The first-order valence-electron chi connectivity index (χ1n) is 11.1. The monoisotopic (exact) mass is 492 g/mol. The smallest absolute Gasteiger partial charge is 0.262 e. The number of imidazole rings is 1. The lowest BCUT2D eigenvalue weighted by Gasteiger charge is -2.19. The highest BCUT2D eigenvalue weighted by Gasteiger charge is 2.24. The van der Waals surface area contributed by atoms with Crippen LogP contribution in [0.4, 0.5) is 10.1 Å². The molecule has 0 aliphatic rings. The molecule has 2 aromatic heterocycles. The molecule has 2 aromatic carbocycles. The number of hydrogen-bond acceptors (Lipinski definition) is 6. The minimum absolute atomic E-state index is 0.00165. The maximum atomic E-state index is 14.2. The summed E-state index contributed by atoms with van der Waals surface area (Å²) in [5.74, 6) is -0.567. The second-order valence-electron chi connectivity index (χ2n) is 8.08. The predicted octanol–water partition coefficient (Wildman–Crippen LogP) is 4.16. The normalized spacial score (nSPS) is 11.6. The van der Waals surface area contributed by atoms with Crippen molar-refractivity contribution in [3.8, 4) is 17.2 Å². The Hall–Kier alpha value is -3.81. The molecule has 180 valence electrons. The van der Waals surface area contributed by atoms with E-state index in [9.17, 15) is 12.8 Å². The van der Waals surface area contributed by atoms with Crippen LogP contribution in [0.3, 0.4) is 0 Å². The number of nitriles is 1. The minimum atomic E-state index is -3.66. The lowest BCUT2D eigenvalue weighted by Crippen LogP contribution is -2.33. The van der Waals surface area contributed by atoms with E-state index in [4.69, 9.17) is 5.26 Å². The van der Waals surface area contributed by atoms with E-state index in [2.05, 4.69) is 15.3 Å². The summed E-state index contributed by atoms with van der Waals surface area (Å²) in [6.45, 7) is 2.99. The number of aromatic nitrogens is 3. The summed E-state index contributed by atoms with van der Waals surface area (Å²) in [6, 6.07) is 12.1. The Kier molecular flexibility index (Phi) is 7.10. The van der Waals surface area contributed by atoms with E-state index in [1.165, 1.54) is 29.0 Å². The van der Waals surface area contributed by atoms with Gasteiger partial charge in [-0.05, 0) is 53.3 Å². The van der Waals surface area contributed by atoms with Crippen molar-refractivity contribution in [1.29, 1.82) is 5.26 Å². The Bertz CT molecular complexity index is 1510. The van der Waals surface area contributed by atoms with Gasteiger partial charge in [-0.3, -0.25) is 4.98 Å². The number of pyridine rings is 1. The average molecular weight is 493 g/mol. The van der Waals surface area contributed by atoms with E-state index in [-0.39, 0.29) is 10.6 Å². The maximum absolute atomic E-state index is 14.2. The lowest BCUT2D eigenvalue weighted by atomic mass is 9.99. The molecule has 2 heterocycles. The number of rotatable bonds is 9. The van der Waals surface area contributed by atoms with Gasteiger partial charge in [-0.25, -0.2) is 17.8 Å². The van der Waals surface area contributed by atoms with Crippen molar-refractivity contribution in [3.63, 3.8) is 0 Å². The number of sulfonamides is 1. The second-order valence-corrected chi connectivity index (χ2v) is 9.97. The highest BCUT2D eigenvalue weighted by molar-refractivity contribution is 7.89. The Labute approximate surface area is 203 Å². The van der Waals surface area contributed by atoms with Crippen LogP contribution in [0.2, 0.25) is 0 Å². The van der Waals surface area contributed by atoms with Crippen LogP contribution < -0.4 is 5.32 Å². The Morgan fingerprint density at radius 1 is 1.20 bits per heavy atom. The highest BCUT2D eigenvalue weighted by atomic mass is 32.2. The number of nitrogens with zero attached hydrogens (tertiary/aromatic N) is 5. The first-order chi connectivity index (χ1) is 16.8. The summed E-state index contributed by atoms with van der Waals surface area (Å²) in [7, 11) is -1.93. The summed E-state index contributed by atoms with van der Waals surface area (Å²) in [5, 5.41) is 14.3. The van der Waals surface area contributed by atoms with Crippen LogP contribution in [0.1, 0.15) is 18.9 Å². The molecule has 0 saturated heterocycles. The van der Waals surface area contributed by atoms with Crippen molar-refractivity contribution in [3.05, 3.63) is 72.7 Å². The van der Waals surface area contributed by atoms with Gasteiger partial charge >= 0.3 is 0 Å². The molecule has 1 N–H and O–H groups in total. The van der Waals surface area contributed by atoms with E-state index < -0.39 is 15.8 Å². The number of hydrogen-bond donors (Lipinski definition) is 1. The molecular weight excluding hydrogens is 467 g/mol. The second kappa shape index (κ2) is 10.2. The van der Waals surface area contributed by atoms with Gasteiger partial charge in [-0.15, -0.1) is 0 Å². The zero-order valence-electron chi connectivity index (χ0n) is 19.4. The van der Waals surface area contributed by atoms with Gasteiger partial charge in [0.15, 0.2) is 5.03 Å². The number of nitrogens with one attached hydrogen (secondary N) is 1. The standard InChI is InChI=1S/C25H25FN6O2S/c1-3-32(35(33,34)25-16-31(2)17-30-25)10-4-8-29-24-13-21(11-19-7-9-28-15-22(19)24)18-5-6-20(14-27)23(26)12-18/h5-7,9,11-13,15-17,29H,3-4,8,10H2,1-2H3. The van der Waals surface area contributed by atoms with E-state index in [0.717, 1.165) is 22.0 Å². The van der Waals surface area contributed by atoms with Gasteiger partial charge in [-0.2, -0.15) is 9.57 Å². The van der Waals surface area contributed by atoms with E-state index in [1.54, 1.807) is 37.0 Å². The molecule has 0 spiro atoms. The summed E-state index contributed by atoms with van der Waals surface area (Å²) in [6.07, 6.45) is 6.97. The van der Waals surface area contributed by atoms with Gasteiger partial charge in [0.1, 0.15) is 11.9 Å². The Morgan fingerprint density at radius 2 is 2.03 bits per heavy atom. The highest BCUT2D eigenvalue weighted by Crippen LogP contribution is 2.31. The quantitative estimate of drug-likeness (QED) is 0.352. The predicted molar refractivity (Wildman–Crippen MR) is 133 cm³/mol. The van der Waals surface area contributed by atoms with E-state index in [0.29, 0.717) is 31.6 Å². The van der Waals surface area contributed by atoms with Gasteiger partial charge < -0.3 is 9.88 Å². The molecule has 10 heteroatoms. The molecule has 4 rings (SSSR count). The van der Waals surface area contributed by atoms with E-state index >= 15 is 0 Å². The van der Waals surface area contributed by atoms with Crippen molar-refractivity contribution >= 4 is 26.5 Å². The number of aryl methyl sites for hydroxylation is 1. The van der Waals surface area contributed by atoms with Crippen molar-refractivity contribution in [2.75, 3.05) is 25.0 Å². The summed E-state index contributed by atoms with van der Waals surface area (Å²) >= 11 is 0. The molecule has 4 aromatic rings.